The molecule has 0 spiro atoms. The van der Waals surface area contributed by atoms with Crippen LogP contribution in [0.4, 0.5) is 13.2 Å². The number of fused-ring (bicyclic) bond motifs is 5. The highest BCUT2D eigenvalue weighted by Gasteiger charge is 2.60. The van der Waals surface area contributed by atoms with Crippen molar-refractivity contribution in [1.29, 1.82) is 0 Å². The average Bonchev–Trinajstić information content (AvgIpc) is 3.12. The first-order valence-corrected chi connectivity index (χ1v) is 9.32. The third kappa shape index (κ3) is 2.32. The van der Waals surface area contributed by atoms with E-state index in [1.165, 1.54) is 6.20 Å². The molecule has 2 aromatic heterocycles. The van der Waals surface area contributed by atoms with Crippen molar-refractivity contribution in [3.8, 4) is 11.3 Å². The number of rotatable bonds is 1. The molecule has 0 unspecified atom stereocenters. The molecule has 4 rings (SSSR count). The summed E-state index contributed by atoms with van der Waals surface area (Å²) in [6, 6.07) is 1.82. The number of aromatic nitrogens is 4. The molecule has 2 atom stereocenters. The fourth-order valence-electron chi connectivity index (χ4n) is 5.02. The van der Waals surface area contributed by atoms with E-state index in [-0.39, 0.29) is 22.1 Å². The SMILES string of the molecule is CC(C)(C)n1ncc(-c2cc3c(nn2)[C@@]2(C)CC[C@@H]3C2(C)C)c1C(F)(F)F. The van der Waals surface area contributed by atoms with Gasteiger partial charge in [-0.15, -0.1) is 0 Å². The van der Waals surface area contributed by atoms with E-state index in [0.29, 0.717) is 5.92 Å². The standard InChI is InChI=1S/C20H25F3N4/c1-17(2,3)27-16(20(21,22)23)12(10-24-27)14-9-11-13-7-8-19(6,18(13,4)5)15(11)26-25-14/h9-10,13H,7-8H2,1-6H3/t13-,19+/m0/s1. The second-order valence-electron chi connectivity index (χ2n) is 9.67. The lowest BCUT2D eigenvalue weighted by Gasteiger charge is -2.33. The topological polar surface area (TPSA) is 43.6 Å². The lowest BCUT2D eigenvalue weighted by atomic mass is 9.70. The molecule has 146 valence electrons. The zero-order valence-electron chi connectivity index (χ0n) is 16.6. The van der Waals surface area contributed by atoms with E-state index in [2.05, 4.69) is 36.1 Å². The fraction of sp³-hybridized carbons (Fsp3) is 0.650. The average molecular weight is 378 g/mol. The Bertz CT molecular complexity index is 920. The Morgan fingerprint density at radius 3 is 2.37 bits per heavy atom. The molecule has 2 heterocycles. The highest BCUT2D eigenvalue weighted by atomic mass is 19.4. The summed E-state index contributed by atoms with van der Waals surface area (Å²) in [5.74, 6) is 0.304. The maximum absolute atomic E-state index is 13.9. The minimum absolute atomic E-state index is 0.00143. The molecular formula is C20H25F3N4. The van der Waals surface area contributed by atoms with Crippen LogP contribution in [0.15, 0.2) is 12.3 Å². The third-order valence-electron chi connectivity index (χ3n) is 6.90. The van der Waals surface area contributed by atoms with Crippen LogP contribution in [0.3, 0.4) is 0 Å². The second-order valence-corrected chi connectivity index (χ2v) is 9.67. The van der Waals surface area contributed by atoms with Gasteiger partial charge in [-0.05, 0) is 56.6 Å². The Kier molecular flexibility index (Phi) is 3.49. The lowest BCUT2D eigenvalue weighted by molar-refractivity contribution is -0.145. The van der Waals surface area contributed by atoms with Gasteiger partial charge >= 0.3 is 6.18 Å². The summed E-state index contributed by atoms with van der Waals surface area (Å²) in [6.45, 7) is 11.8. The first-order valence-electron chi connectivity index (χ1n) is 9.32. The quantitative estimate of drug-likeness (QED) is 0.677. The van der Waals surface area contributed by atoms with E-state index in [0.717, 1.165) is 28.8 Å². The highest BCUT2D eigenvalue weighted by Crippen LogP contribution is 2.67. The summed E-state index contributed by atoms with van der Waals surface area (Å²) in [5, 5.41) is 12.7. The van der Waals surface area contributed by atoms with Crippen LogP contribution in [0.2, 0.25) is 0 Å². The van der Waals surface area contributed by atoms with Crippen LogP contribution in [0.25, 0.3) is 11.3 Å². The maximum atomic E-state index is 13.9. The monoisotopic (exact) mass is 378 g/mol. The molecule has 7 heteroatoms. The summed E-state index contributed by atoms with van der Waals surface area (Å²) >= 11 is 0. The summed E-state index contributed by atoms with van der Waals surface area (Å²) in [7, 11) is 0. The van der Waals surface area contributed by atoms with Crippen LogP contribution < -0.4 is 0 Å². The zero-order valence-corrected chi connectivity index (χ0v) is 16.6. The summed E-state index contributed by atoms with van der Waals surface area (Å²) < 4.78 is 42.6. The Balaban J connectivity index is 1.89. The normalized spacial score (nSPS) is 26.5. The van der Waals surface area contributed by atoms with Gasteiger partial charge in [0.15, 0.2) is 5.69 Å². The predicted molar refractivity (Wildman–Crippen MR) is 96.4 cm³/mol. The van der Waals surface area contributed by atoms with Gasteiger partial charge < -0.3 is 0 Å². The van der Waals surface area contributed by atoms with Crippen molar-refractivity contribution in [2.75, 3.05) is 0 Å². The second kappa shape index (κ2) is 5.11. The fourth-order valence-corrected chi connectivity index (χ4v) is 5.02. The Morgan fingerprint density at radius 2 is 1.78 bits per heavy atom. The largest absolute Gasteiger partial charge is 0.433 e. The molecule has 4 nitrogen and oxygen atoms in total. The van der Waals surface area contributed by atoms with Gasteiger partial charge in [-0.3, -0.25) is 4.68 Å². The van der Waals surface area contributed by atoms with Crippen molar-refractivity contribution in [2.24, 2.45) is 5.41 Å². The van der Waals surface area contributed by atoms with Crippen molar-refractivity contribution in [2.45, 2.75) is 77.4 Å². The van der Waals surface area contributed by atoms with Gasteiger partial charge in [-0.2, -0.15) is 28.5 Å². The molecule has 2 aliphatic rings. The van der Waals surface area contributed by atoms with E-state index < -0.39 is 17.4 Å². The first-order chi connectivity index (χ1) is 12.3. The van der Waals surface area contributed by atoms with Gasteiger partial charge in [0, 0.05) is 5.41 Å². The van der Waals surface area contributed by atoms with Crippen LogP contribution in [0.5, 0.6) is 0 Å². The van der Waals surface area contributed by atoms with Gasteiger partial charge in [0.1, 0.15) is 0 Å². The molecule has 0 aliphatic heterocycles. The third-order valence-corrected chi connectivity index (χ3v) is 6.90. The Labute approximate surface area is 157 Å². The van der Waals surface area contributed by atoms with Gasteiger partial charge in [0.2, 0.25) is 0 Å². The predicted octanol–water partition coefficient (Wildman–Crippen LogP) is 5.29. The Morgan fingerprint density at radius 1 is 1.11 bits per heavy atom. The first kappa shape index (κ1) is 18.4. The molecule has 0 aromatic carbocycles. The molecule has 0 amide bonds. The number of hydrogen-bond donors (Lipinski definition) is 0. The van der Waals surface area contributed by atoms with Crippen LogP contribution in [0, 0.1) is 5.41 Å². The van der Waals surface area contributed by atoms with E-state index in [9.17, 15) is 13.2 Å². The number of halogens is 3. The summed E-state index contributed by atoms with van der Waals surface area (Å²) in [4.78, 5) is 0. The number of nitrogens with zero attached hydrogens (tertiary/aromatic N) is 4. The van der Waals surface area contributed by atoms with Crippen molar-refractivity contribution >= 4 is 0 Å². The van der Waals surface area contributed by atoms with Gasteiger partial charge in [0.25, 0.3) is 0 Å². The Hall–Kier alpha value is -1.92. The number of alkyl halides is 3. The molecule has 0 radical (unpaired) electrons. The summed E-state index contributed by atoms with van der Waals surface area (Å²) in [5.41, 5.74) is 0.660. The molecule has 0 saturated heterocycles. The van der Waals surface area contributed by atoms with Crippen LogP contribution >= 0.6 is 0 Å². The van der Waals surface area contributed by atoms with Gasteiger partial charge in [-0.25, -0.2) is 0 Å². The van der Waals surface area contributed by atoms with Crippen molar-refractivity contribution in [1.82, 2.24) is 20.0 Å². The van der Waals surface area contributed by atoms with Crippen molar-refractivity contribution in [3.63, 3.8) is 0 Å². The minimum atomic E-state index is -4.52. The molecule has 2 bridgehead atoms. The van der Waals surface area contributed by atoms with E-state index in [1.807, 2.05) is 6.07 Å². The van der Waals surface area contributed by atoms with Crippen LogP contribution in [-0.2, 0) is 17.1 Å². The molecule has 0 N–H and O–H groups in total. The van der Waals surface area contributed by atoms with Gasteiger partial charge in [-0.1, -0.05) is 20.8 Å². The molecule has 2 aromatic rings. The molecule has 1 fully saturated rings. The zero-order chi connectivity index (χ0) is 20.0. The van der Waals surface area contributed by atoms with E-state index >= 15 is 0 Å². The summed E-state index contributed by atoms with van der Waals surface area (Å²) in [6.07, 6.45) is -1.18. The molecule has 2 aliphatic carbocycles. The maximum Gasteiger partial charge on any atom is 0.433 e. The highest BCUT2D eigenvalue weighted by molar-refractivity contribution is 5.64. The smallest absolute Gasteiger partial charge is 0.254 e. The van der Waals surface area contributed by atoms with Crippen LogP contribution in [-0.4, -0.2) is 20.0 Å². The molecular weight excluding hydrogens is 353 g/mol. The minimum Gasteiger partial charge on any atom is -0.254 e. The van der Waals surface area contributed by atoms with E-state index in [4.69, 9.17) is 0 Å². The van der Waals surface area contributed by atoms with Crippen LogP contribution in [0.1, 0.15) is 77.3 Å². The molecule has 1 saturated carbocycles. The van der Waals surface area contributed by atoms with Crippen molar-refractivity contribution < 1.29 is 13.2 Å². The molecule has 27 heavy (non-hydrogen) atoms. The van der Waals surface area contributed by atoms with Crippen molar-refractivity contribution in [3.05, 3.63) is 29.2 Å². The lowest BCUT2D eigenvalue weighted by Crippen LogP contribution is -2.32. The van der Waals surface area contributed by atoms with E-state index in [1.54, 1.807) is 20.8 Å². The number of hydrogen-bond acceptors (Lipinski definition) is 3. The van der Waals surface area contributed by atoms with Gasteiger partial charge in [0.05, 0.1) is 28.7 Å².